The molecule has 7 heteroatoms. The molecule has 1 fully saturated rings. The summed E-state index contributed by atoms with van der Waals surface area (Å²) in [5.41, 5.74) is 0.923. The van der Waals surface area contributed by atoms with Gasteiger partial charge in [0.15, 0.2) is 0 Å². The minimum absolute atomic E-state index is 0.109. The zero-order chi connectivity index (χ0) is 15.9. The van der Waals surface area contributed by atoms with Crippen molar-refractivity contribution in [3.8, 4) is 0 Å². The number of benzene rings is 1. The fourth-order valence-corrected chi connectivity index (χ4v) is 2.46. The van der Waals surface area contributed by atoms with Crippen molar-refractivity contribution in [1.29, 1.82) is 0 Å². The Kier molecular flexibility index (Phi) is 6.03. The number of aliphatic hydroxyl groups is 1. The summed E-state index contributed by atoms with van der Waals surface area (Å²) in [5.74, 6) is -0.368. The molecule has 2 rings (SSSR count). The van der Waals surface area contributed by atoms with E-state index in [1.54, 1.807) is 0 Å². The summed E-state index contributed by atoms with van der Waals surface area (Å²) in [4.78, 5) is 26.6. The molecule has 0 spiro atoms. The van der Waals surface area contributed by atoms with Crippen LogP contribution in [-0.4, -0.2) is 65.1 Å². The Morgan fingerprint density at radius 2 is 2.00 bits per heavy atom. The summed E-state index contributed by atoms with van der Waals surface area (Å²) in [6.07, 6.45) is -0.401. The van der Waals surface area contributed by atoms with Gasteiger partial charge in [0.05, 0.1) is 12.6 Å². The summed E-state index contributed by atoms with van der Waals surface area (Å²) in [5, 5.41) is 8.99. The second kappa shape index (κ2) is 8.00. The minimum Gasteiger partial charge on any atom is -0.445 e. The van der Waals surface area contributed by atoms with Gasteiger partial charge in [0, 0.05) is 19.6 Å². The molecule has 1 aliphatic rings. The highest BCUT2D eigenvalue weighted by molar-refractivity contribution is 6.27. The SMILES string of the molecule is O=C(OCc1ccccc1)N1CC(N(CCO)C(=O)CCl)C1. The molecule has 1 aliphatic heterocycles. The number of rotatable bonds is 6. The first-order chi connectivity index (χ1) is 10.7. The van der Waals surface area contributed by atoms with Crippen LogP contribution in [0.15, 0.2) is 30.3 Å². The van der Waals surface area contributed by atoms with Gasteiger partial charge >= 0.3 is 6.09 Å². The summed E-state index contributed by atoms with van der Waals surface area (Å²) < 4.78 is 5.21. The van der Waals surface area contributed by atoms with Crippen LogP contribution in [0.3, 0.4) is 0 Å². The van der Waals surface area contributed by atoms with Crippen molar-refractivity contribution < 1.29 is 19.4 Å². The molecule has 120 valence electrons. The predicted octanol–water partition coefficient (Wildman–Crippen LogP) is 1.07. The summed E-state index contributed by atoms with van der Waals surface area (Å²) in [6, 6.07) is 9.32. The Hall–Kier alpha value is -1.79. The third-order valence-corrected chi connectivity index (χ3v) is 3.77. The van der Waals surface area contributed by atoms with Crippen molar-refractivity contribution >= 4 is 23.6 Å². The maximum atomic E-state index is 11.9. The number of amides is 2. The lowest BCUT2D eigenvalue weighted by Crippen LogP contribution is -2.63. The Morgan fingerprint density at radius 3 is 2.59 bits per heavy atom. The normalized spacial score (nSPS) is 14.4. The first-order valence-electron chi connectivity index (χ1n) is 7.07. The van der Waals surface area contributed by atoms with Crippen LogP contribution in [-0.2, 0) is 16.1 Å². The first kappa shape index (κ1) is 16.6. The molecule has 1 aromatic carbocycles. The fourth-order valence-electron chi connectivity index (χ4n) is 2.31. The van der Waals surface area contributed by atoms with Gasteiger partial charge in [-0.15, -0.1) is 11.6 Å². The second-order valence-electron chi connectivity index (χ2n) is 5.04. The molecular formula is C15H19ClN2O4. The maximum absolute atomic E-state index is 11.9. The standard InChI is InChI=1S/C15H19ClN2O4/c16-8-14(20)18(6-7-19)13-9-17(10-13)15(21)22-11-12-4-2-1-3-5-12/h1-5,13,19H,6-11H2. The summed E-state index contributed by atoms with van der Waals surface area (Å²) in [7, 11) is 0. The summed E-state index contributed by atoms with van der Waals surface area (Å²) in [6.45, 7) is 1.12. The Bertz CT molecular complexity index is 506. The molecule has 22 heavy (non-hydrogen) atoms. The van der Waals surface area contributed by atoms with Crippen LogP contribution in [0, 0.1) is 0 Å². The van der Waals surface area contributed by atoms with Crippen molar-refractivity contribution in [3.63, 3.8) is 0 Å². The zero-order valence-corrected chi connectivity index (χ0v) is 12.9. The largest absolute Gasteiger partial charge is 0.445 e. The number of hydrogen-bond acceptors (Lipinski definition) is 4. The van der Waals surface area contributed by atoms with E-state index in [-0.39, 0.29) is 37.6 Å². The molecule has 0 radical (unpaired) electrons. The van der Waals surface area contributed by atoms with Gasteiger partial charge < -0.3 is 19.6 Å². The molecule has 1 N–H and O–H groups in total. The molecule has 0 saturated carbocycles. The Morgan fingerprint density at radius 1 is 1.32 bits per heavy atom. The number of ether oxygens (including phenoxy) is 1. The number of carbonyl (C=O) groups excluding carboxylic acids is 2. The monoisotopic (exact) mass is 326 g/mol. The molecule has 6 nitrogen and oxygen atoms in total. The van der Waals surface area contributed by atoms with Crippen LogP contribution in [0.2, 0.25) is 0 Å². The summed E-state index contributed by atoms with van der Waals surface area (Å²) >= 11 is 5.55. The molecule has 0 atom stereocenters. The number of hydrogen-bond donors (Lipinski definition) is 1. The maximum Gasteiger partial charge on any atom is 0.410 e. The van der Waals surface area contributed by atoms with Crippen molar-refractivity contribution in [2.75, 3.05) is 32.1 Å². The lowest BCUT2D eigenvalue weighted by atomic mass is 10.1. The van der Waals surface area contributed by atoms with Gasteiger partial charge in [-0.2, -0.15) is 0 Å². The highest BCUT2D eigenvalue weighted by Gasteiger charge is 2.37. The Balaban J connectivity index is 1.77. The molecule has 0 aromatic heterocycles. The number of likely N-dealkylation sites (tertiary alicyclic amines) is 1. The van der Waals surface area contributed by atoms with Gasteiger partial charge in [-0.3, -0.25) is 4.79 Å². The number of halogens is 1. The van der Waals surface area contributed by atoms with E-state index in [0.717, 1.165) is 5.56 Å². The van der Waals surface area contributed by atoms with E-state index < -0.39 is 6.09 Å². The number of nitrogens with zero attached hydrogens (tertiary/aromatic N) is 2. The lowest BCUT2D eigenvalue weighted by molar-refractivity contribution is -0.134. The average molecular weight is 327 g/mol. The van der Waals surface area contributed by atoms with Crippen LogP contribution in [0.1, 0.15) is 5.56 Å². The molecule has 0 bridgehead atoms. The van der Waals surface area contributed by atoms with Crippen molar-refractivity contribution in [2.24, 2.45) is 0 Å². The van der Waals surface area contributed by atoms with E-state index in [9.17, 15) is 9.59 Å². The zero-order valence-electron chi connectivity index (χ0n) is 12.2. The van der Waals surface area contributed by atoms with E-state index in [0.29, 0.717) is 13.1 Å². The van der Waals surface area contributed by atoms with E-state index in [1.807, 2.05) is 30.3 Å². The van der Waals surface area contributed by atoms with E-state index in [2.05, 4.69) is 0 Å². The number of alkyl halides is 1. The van der Waals surface area contributed by atoms with Crippen LogP contribution in [0.25, 0.3) is 0 Å². The van der Waals surface area contributed by atoms with Crippen molar-refractivity contribution in [3.05, 3.63) is 35.9 Å². The van der Waals surface area contributed by atoms with Crippen LogP contribution >= 0.6 is 11.6 Å². The van der Waals surface area contributed by atoms with Gasteiger partial charge in [-0.1, -0.05) is 30.3 Å². The third-order valence-electron chi connectivity index (χ3n) is 3.54. The van der Waals surface area contributed by atoms with E-state index >= 15 is 0 Å². The van der Waals surface area contributed by atoms with Crippen molar-refractivity contribution in [2.45, 2.75) is 12.6 Å². The molecule has 0 unspecified atom stereocenters. The van der Waals surface area contributed by atoms with Gasteiger partial charge in [-0.05, 0) is 5.56 Å². The van der Waals surface area contributed by atoms with Crippen LogP contribution < -0.4 is 0 Å². The fraction of sp³-hybridized carbons (Fsp3) is 0.467. The quantitative estimate of drug-likeness (QED) is 0.794. The van der Waals surface area contributed by atoms with Gasteiger partial charge in [0.25, 0.3) is 0 Å². The first-order valence-corrected chi connectivity index (χ1v) is 7.61. The third kappa shape index (κ3) is 4.11. The predicted molar refractivity (Wildman–Crippen MR) is 81.5 cm³/mol. The highest BCUT2D eigenvalue weighted by atomic mass is 35.5. The van der Waals surface area contributed by atoms with Gasteiger partial charge in [0.2, 0.25) is 5.91 Å². The van der Waals surface area contributed by atoms with E-state index in [1.165, 1.54) is 9.80 Å². The smallest absolute Gasteiger partial charge is 0.410 e. The average Bonchev–Trinajstić information content (AvgIpc) is 2.51. The topological polar surface area (TPSA) is 70.1 Å². The molecule has 1 saturated heterocycles. The van der Waals surface area contributed by atoms with Crippen LogP contribution in [0.4, 0.5) is 4.79 Å². The molecule has 2 amide bonds. The molecular weight excluding hydrogens is 308 g/mol. The van der Waals surface area contributed by atoms with Gasteiger partial charge in [0.1, 0.15) is 12.5 Å². The van der Waals surface area contributed by atoms with Crippen molar-refractivity contribution in [1.82, 2.24) is 9.80 Å². The molecule has 1 heterocycles. The number of aliphatic hydroxyl groups excluding tert-OH is 1. The minimum atomic E-state index is -0.401. The van der Waals surface area contributed by atoms with E-state index in [4.69, 9.17) is 21.4 Å². The highest BCUT2D eigenvalue weighted by Crippen LogP contribution is 2.17. The Labute approximate surface area is 134 Å². The van der Waals surface area contributed by atoms with Crippen LogP contribution in [0.5, 0.6) is 0 Å². The second-order valence-corrected chi connectivity index (χ2v) is 5.31. The molecule has 0 aliphatic carbocycles. The molecule has 1 aromatic rings. The van der Waals surface area contributed by atoms with Gasteiger partial charge in [-0.25, -0.2) is 4.79 Å². The number of carbonyl (C=O) groups is 2. The lowest BCUT2D eigenvalue weighted by Gasteiger charge is -2.44.